The zero-order chi connectivity index (χ0) is 12.4. The summed E-state index contributed by atoms with van der Waals surface area (Å²) in [5.74, 6) is -0.176. The summed E-state index contributed by atoms with van der Waals surface area (Å²) in [6.07, 6.45) is 3.61. The summed E-state index contributed by atoms with van der Waals surface area (Å²) in [6.45, 7) is 0. The van der Waals surface area contributed by atoms with Gasteiger partial charge in [0.2, 0.25) is 0 Å². The summed E-state index contributed by atoms with van der Waals surface area (Å²) in [4.78, 5) is 0. The lowest BCUT2D eigenvalue weighted by molar-refractivity contribution is 0.627. The van der Waals surface area contributed by atoms with Crippen LogP contribution in [0.15, 0.2) is 60.2 Å². The fourth-order valence-electron chi connectivity index (χ4n) is 2.40. The van der Waals surface area contributed by atoms with Crippen molar-refractivity contribution in [1.29, 1.82) is 0 Å². The fraction of sp³-hybridized carbons (Fsp3) is 0.176. The predicted octanol–water partition coefficient (Wildman–Crippen LogP) is 4.81. The van der Waals surface area contributed by atoms with Crippen LogP contribution in [0.1, 0.15) is 30.4 Å². The van der Waals surface area contributed by atoms with Crippen LogP contribution in [0.25, 0.3) is 5.57 Å². The van der Waals surface area contributed by atoms with Gasteiger partial charge in [0.1, 0.15) is 5.82 Å². The number of hydrogen-bond acceptors (Lipinski definition) is 0. The SMILES string of the molecule is Fc1ccc(C(=C2CCC2)c2ccccc2)cc1. The van der Waals surface area contributed by atoms with Gasteiger partial charge in [0, 0.05) is 0 Å². The van der Waals surface area contributed by atoms with E-state index in [2.05, 4.69) is 24.3 Å². The van der Waals surface area contributed by atoms with Crippen molar-refractivity contribution in [2.24, 2.45) is 0 Å². The van der Waals surface area contributed by atoms with Crippen LogP contribution in [0.5, 0.6) is 0 Å². The molecular formula is C17H15F. The highest BCUT2D eigenvalue weighted by atomic mass is 19.1. The average molecular weight is 238 g/mol. The van der Waals surface area contributed by atoms with Crippen molar-refractivity contribution < 1.29 is 4.39 Å². The minimum atomic E-state index is -0.176. The summed E-state index contributed by atoms with van der Waals surface area (Å²) >= 11 is 0. The first kappa shape index (κ1) is 11.2. The summed E-state index contributed by atoms with van der Waals surface area (Å²) in [6, 6.07) is 17.2. The number of halogens is 1. The smallest absolute Gasteiger partial charge is 0.123 e. The molecule has 0 saturated heterocycles. The second-order valence-electron chi connectivity index (χ2n) is 4.71. The van der Waals surface area contributed by atoms with Crippen LogP contribution < -0.4 is 0 Å². The molecule has 1 aliphatic carbocycles. The van der Waals surface area contributed by atoms with E-state index in [1.807, 2.05) is 18.2 Å². The molecule has 0 atom stereocenters. The maximum Gasteiger partial charge on any atom is 0.123 e. The summed E-state index contributed by atoms with van der Waals surface area (Å²) in [5.41, 5.74) is 5.14. The van der Waals surface area contributed by atoms with Gasteiger partial charge in [-0.1, -0.05) is 48.0 Å². The first-order valence-corrected chi connectivity index (χ1v) is 6.38. The highest BCUT2D eigenvalue weighted by Gasteiger charge is 2.17. The van der Waals surface area contributed by atoms with Crippen molar-refractivity contribution in [3.05, 3.63) is 77.1 Å². The van der Waals surface area contributed by atoms with E-state index < -0.39 is 0 Å². The summed E-state index contributed by atoms with van der Waals surface area (Å²) in [7, 11) is 0. The lowest BCUT2D eigenvalue weighted by Gasteiger charge is -2.23. The fourth-order valence-corrected chi connectivity index (χ4v) is 2.40. The van der Waals surface area contributed by atoms with E-state index in [1.54, 1.807) is 0 Å². The van der Waals surface area contributed by atoms with Crippen molar-refractivity contribution in [2.45, 2.75) is 19.3 Å². The van der Waals surface area contributed by atoms with E-state index in [9.17, 15) is 4.39 Å². The summed E-state index contributed by atoms with van der Waals surface area (Å²) in [5, 5.41) is 0. The van der Waals surface area contributed by atoms with E-state index in [4.69, 9.17) is 0 Å². The molecule has 0 aromatic heterocycles. The molecule has 0 N–H and O–H groups in total. The Labute approximate surface area is 107 Å². The molecular weight excluding hydrogens is 223 g/mol. The molecule has 0 aliphatic heterocycles. The van der Waals surface area contributed by atoms with Crippen molar-refractivity contribution in [3.8, 4) is 0 Å². The minimum absolute atomic E-state index is 0.176. The lowest BCUT2D eigenvalue weighted by atomic mass is 9.82. The van der Waals surface area contributed by atoms with E-state index in [-0.39, 0.29) is 5.82 Å². The van der Waals surface area contributed by atoms with Gasteiger partial charge in [0.15, 0.2) is 0 Å². The standard InChI is InChI=1S/C17H15F/c18-16-11-9-15(10-12-16)17(14-7-4-8-14)13-5-2-1-3-6-13/h1-3,5-6,9-12H,4,7-8H2. The maximum absolute atomic E-state index is 13.0. The largest absolute Gasteiger partial charge is 0.207 e. The van der Waals surface area contributed by atoms with Crippen LogP contribution >= 0.6 is 0 Å². The molecule has 0 bridgehead atoms. The van der Waals surface area contributed by atoms with Crippen molar-refractivity contribution in [2.75, 3.05) is 0 Å². The highest BCUT2D eigenvalue weighted by Crippen LogP contribution is 2.37. The molecule has 0 heterocycles. The van der Waals surface area contributed by atoms with Crippen LogP contribution in [0, 0.1) is 5.82 Å². The van der Waals surface area contributed by atoms with E-state index in [0.717, 1.165) is 5.56 Å². The Hall–Kier alpha value is -1.89. The van der Waals surface area contributed by atoms with Gasteiger partial charge in [-0.05, 0) is 48.1 Å². The van der Waals surface area contributed by atoms with Gasteiger partial charge in [-0.2, -0.15) is 0 Å². The number of benzene rings is 2. The van der Waals surface area contributed by atoms with Crippen LogP contribution in [0.4, 0.5) is 4.39 Å². The Morgan fingerprint density at radius 2 is 1.39 bits per heavy atom. The van der Waals surface area contributed by atoms with Crippen LogP contribution in [-0.4, -0.2) is 0 Å². The van der Waals surface area contributed by atoms with Crippen LogP contribution in [0.3, 0.4) is 0 Å². The summed E-state index contributed by atoms with van der Waals surface area (Å²) < 4.78 is 13.0. The third kappa shape index (κ3) is 2.08. The van der Waals surface area contributed by atoms with Crippen molar-refractivity contribution in [3.63, 3.8) is 0 Å². The second kappa shape index (κ2) is 4.77. The first-order valence-electron chi connectivity index (χ1n) is 6.38. The normalized spacial score (nSPS) is 14.2. The Bertz CT molecular complexity index is 558. The molecule has 0 unspecified atom stereocenters. The molecule has 18 heavy (non-hydrogen) atoms. The monoisotopic (exact) mass is 238 g/mol. The number of rotatable bonds is 2. The van der Waals surface area contributed by atoms with Crippen LogP contribution in [0.2, 0.25) is 0 Å². The highest BCUT2D eigenvalue weighted by molar-refractivity contribution is 5.82. The topological polar surface area (TPSA) is 0 Å². The zero-order valence-corrected chi connectivity index (χ0v) is 10.2. The maximum atomic E-state index is 13.0. The van der Waals surface area contributed by atoms with Gasteiger partial charge < -0.3 is 0 Å². The number of allylic oxidation sites excluding steroid dienone is 1. The zero-order valence-electron chi connectivity index (χ0n) is 10.2. The van der Waals surface area contributed by atoms with E-state index in [1.165, 1.54) is 48.1 Å². The number of hydrogen-bond donors (Lipinski definition) is 0. The van der Waals surface area contributed by atoms with Gasteiger partial charge >= 0.3 is 0 Å². The molecule has 0 nitrogen and oxygen atoms in total. The molecule has 1 aliphatic rings. The second-order valence-corrected chi connectivity index (χ2v) is 4.71. The molecule has 1 saturated carbocycles. The third-order valence-electron chi connectivity index (χ3n) is 3.51. The molecule has 90 valence electrons. The average Bonchev–Trinajstić information content (AvgIpc) is 2.36. The Morgan fingerprint density at radius 1 is 0.778 bits per heavy atom. The predicted molar refractivity (Wildman–Crippen MR) is 72.7 cm³/mol. The third-order valence-corrected chi connectivity index (χ3v) is 3.51. The van der Waals surface area contributed by atoms with Crippen molar-refractivity contribution >= 4 is 5.57 Å². The molecule has 2 aromatic carbocycles. The Balaban J connectivity index is 2.10. The molecule has 0 radical (unpaired) electrons. The molecule has 2 aromatic rings. The molecule has 1 fully saturated rings. The Kier molecular flexibility index (Phi) is 2.97. The molecule has 1 heteroatoms. The lowest BCUT2D eigenvalue weighted by Crippen LogP contribution is -2.03. The van der Waals surface area contributed by atoms with E-state index >= 15 is 0 Å². The van der Waals surface area contributed by atoms with Gasteiger partial charge in [-0.3, -0.25) is 0 Å². The first-order chi connectivity index (χ1) is 8.84. The van der Waals surface area contributed by atoms with Crippen LogP contribution in [-0.2, 0) is 0 Å². The molecule has 0 amide bonds. The minimum Gasteiger partial charge on any atom is -0.207 e. The quantitative estimate of drug-likeness (QED) is 0.704. The van der Waals surface area contributed by atoms with Gasteiger partial charge in [-0.15, -0.1) is 0 Å². The van der Waals surface area contributed by atoms with Gasteiger partial charge in [0.25, 0.3) is 0 Å². The molecule has 0 spiro atoms. The van der Waals surface area contributed by atoms with Gasteiger partial charge in [-0.25, -0.2) is 4.39 Å². The van der Waals surface area contributed by atoms with Gasteiger partial charge in [0.05, 0.1) is 0 Å². The Morgan fingerprint density at radius 3 is 1.94 bits per heavy atom. The van der Waals surface area contributed by atoms with Crippen molar-refractivity contribution in [1.82, 2.24) is 0 Å². The van der Waals surface area contributed by atoms with E-state index in [0.29, 0.717) is 0 Å². The molecule has 3 rings (SSSR count).